The van der Waals surface area contributed by atoms with Crippen LogP contribution < -0.4 is 15.7 Å². The Morgan fingerprint density at radius 1 is 1.12 bits per heavy atom. The van der Waals surface area contributed by atoms with E-state index in [0.717, 1.165) is 17.5 Å². The zero-order valence-electron chi connectivity index (χ0n) is 14.8. The second-order valence-electron chi connectivity index (χ2n) is 6.22. The van der Waals surface area contributed by atoms with E-state index in [0.29, 0.717) is 17.3 Å². The molecule has 1 atom stereocenters. The molecule has 26 heavy (non-hydrogen) atoms. The number of ether oxygens (including phenoxy) is 1. The lowest BCUT2D eigenvalue weighted by atomic mass is 9.99. The topological polar surface area (TPSA) is 68.5 Å². The Balaban J connectivity index is 1.59. The maximum atomic E-state index is 12.1. The van der Waals surface area contributed by atoms with Crippen LogP contribution in [0.25, 0.3) is 11.0 Å². The molecule has 0 radical (unpaired) electrons. The van der Waals surface area contributed by atoms with Crippen LogP contribution in [0.15, 0.2) is 63.8 Å². The Morgan fingerprint density at radius 3 is 2.58 bits per heavy atom. The number of rotatable bonds is 6. The predicted octanol–water partition coefficient (Wildman–Crippen LogP) is 4.32. The van der Waals surface area contributed by atoms with Crippen LogP contribution in [0.2, 0.25) is 0 Å². The largest absolute Gasteiger partial charge is 0.484 e. The summed E-state index contributed by atoms with van der Waals surface area (Å²) < 4.78 is 10.6. The van der Waals surface area contributed by atoms with Crippen LogP contribution in [0.5, 0.6) is 5.75 Å². The third-order valence-electron chi connectivity index (χ3n) is 4.34. The maximum absolute atomic E-state index is 12.1. The quantitative estimate of drug-likeness (QED) is 0.671. The van der Waals surface area contributed by atoms with Crippen molar-refractivity contribution in [3.63, 3.8) is 0 Å². The normalized spacial score (nSPS) is 11.9. The van der Waals surface area contributed by atoms with E-state index in [-0.39, 0.29) is 12.5 Å². The number of carbonyl (C=O) groups is 1. The highest BCUT2D eigenvalue weighted by Crippen LogP contribution is 2.21. The second kappa shape index (κ2) is 7.87. The highest BCUT2D eigenvalue weighted by Gasteiger charge is 2.07. The average Bonchev–Trinajstić information content (AvgIpc) is 2.66. The third kappa shape index (κ3) is 4.30. The number of benzene rings is 2. The van der Waals surface area contributed by atoms with E-state index < -0.39 is 5.63 Å². The summed E-state index contributed by atoms with van der Waals surface area (Å²) in [4.78, 5) is 23.3. The van der Waals surface area contributed by atoms with Crippen molar-refractivity contribution in [1.29, 1.82) is 0 Å². The van der Waals surface area contributed by atoms with E-state index in [2.05, 4.69) is 19.2 Å². The van der Waals surface area contributed by atoms with E-state index in [4.69, 9.17) is 9.15 Å². The Labute approximate surface area is 151 Å². The SMILES string of the molecule is CC[C@@H](C)c1ccc(NC(=O)COc2ccc3ccc(=O)oc3c2)cc1. The molecular weight excluding hydrogens is 330 g/mol. The number of amides is 1. The molecule has 0 aliphatic heterocycles. The van der Waals surface area contributed by atoms with Crippen molar-refractivity contribution in [2.75, 3.05) is 11.9 Å². The minimum Gasteiger partial charge on any atom is -0.484 e. The Kier molecular flexibility index (Phi) is 5.37. The van der Waals surface area contributed by atoms with Crippen LogP contribution in [0.4, 0.5) is 5.69 Å². The zero-order chi connectivity index (χ0) is 18.5. The van der Waals surface area contributed by atoms with Gasteiger partial charge in [0.05, 0.1) is 0 Å². The van der Waals surface area contributed by atoms with Gasteiger partial charge in [0, 0.05) is 23.2 Å². The van der Waals surface area contributed by atoms with Crippen molar-refractivity contribution in [2.24, 2.45) is 0 Å². The van der Waals surface area contributed by atoms with Crippen molar-refractivity contribution in [2.45, 2.75) is 26.2 Å². The first-order valence-corrected chi connectivity index (χ1v) is 8.61. The third-order valence-corrected chi connectivity index (χ3v) is 4.34. The summed E-state index contributed by atoms with van der Waals surface area (Å²) in [5, 5.41) is 3.60. The molecule has 134 valence electrons. The molecule has 0 saturated carbocycles. The van der Waals surface area contributed by atoms with Crippen LogP contribution in [-0.4, -0.2) is 12.5 Å². The summed E-state index contributed by atoms with van der Waals surface area (Å²) in [7, 11) is 0. The zero-order valence-corrected chi connectivity index (χ0v) is 14.8. The van der Waals surface area contributed by atoms with Gasteiger partial charge in [0.1, 0.15) is 11.3 Å². The standard InChI is InChI=1S/C21H21NO4/c1-3-14(2)15-4-8-17(9-5-15)22-20(23)13-25-18-10-6-16-7-11-21(24)26-19(16)12-18/h4-12,14H,3,13H2,1-2H3,(H,22,23)/t14-/m1/s1. The highest BCUT2D eigenvalue weighted by molar-refractivity contribution is 5.92. The summed E-state index contributed by atoms with van der Waals surface area (Å²) in [6.45, 7) is 4.19. The first-order chi connectivity index (χ1) is 12.5. The lowest BCUT2D eigenvalue weighted by Gasteiger charge is -2.11. The van der Waals surface area contributed by atoms with Gasteiger partial charge >= 0.3 is 5.63 Å². The van der Waals surface area contributed by atoms with Gasteiger partial charge < -0.3 is 14.5 Å². The van der Waals surface area contributed by atoms with E-state index in [1.165, 1.54) is 11.6 Å². The van der Waals surface area contributed by atoms with Gasteiger partial charge in [-0.25, -0.2) is 4.79 Å². The van der Waals surface area contributed by atoms with Crippen LogP contribution in [0, 0.1) is 0 Å². The first-order valence-electron chi connectivity index (χ1n) is 8.61. The minimum atomic E-state index is -0.423. The van der Waals surface area contributed by atoms with Crippen molar-refractivity contribution in [1.82, 2.24) is 0 Å². The Bertz CT molecular complexity index is 960. The number of nitrogens with one attached hydrogen (secondary N) is 1. The van der Waals surface area contributed by atoms with Gasteiger partial charge in [0.25, 0.3) is 5.91 Å². The first kappa shape index (κ1) is 17.7. The van der Waals surface area contributed by atoms with Gasteiger partial charge in [-0.2, -0.15) is 0 Å². The van der Waals surface area contributed by atoms with Crippen LogP contribution >= 0.6 is 0 Å². The number of anilines is 1. The smallest absolute Gasteiger partial charge is 0.336 e. The predicted molar refractivity (Wildman–Crippen MR) is 102 cm³/mol. The molecule has 1 amide bonds. The van der Waals surface area contributed by atoms with Crippen molar-refractivity contribution >= 4 is 22.6 Å². The second-order valence-corrected chi connectivity index (χ2v) is 6.22. The molecule has 5 heteroatoms. The fraction of sp³-hybridized carbons (Fsp3) is 0.238. The molecule has 1 heterocycles. The summed E-state index contributed by atoms with van der Waals surface area (Å²) in [6.07, 6.45) is 1.07. The van der Waals surface area contributed by atoms with Gasteiger partial charge in [-0.05, 0) is 48.2 Å². The molecule has 0 aliphatic carbocycles. The molecule has 0 spiro atoms. The van der Waals surface area contributed by atoms with Gasteiger partial charge in [-0.15, -0.1) is 0 Å². The van der Waals surface area contributed by atoms with Gasteiger partial charge in [-0.1, -0.05) is 26.0 Å². The highest BCUT2D eigenvalue weighted by atomic mass is 16.5. The Hall–Kier alpha value is -3.08. The fourth-order valence-corrected chi connectivity index (χ4v) is 2.61. The summed E-state index contributed by atoms with van der Waals surface area (Å²) in [5.74, 6) is 0.709. The van der Waals surface area contributed by atoms with E-state index >= 15 is 0 Å². The van der Waals surface area contributed by atoms with Gasteiger partial charge in [0.2, 0.25) is 0 Å². The molecule has 0 saturated heterocycles. The molecule has 1 aromatic heterocycles. The van der Waals surface area contributed by atoms with E-state index in [1.54, 1.807) is 24.3 Å². The maximum Gasteiger partial charge on any atom is 0.336 e. The van der Waals surface area contributed by atoms with Gasteiger partial charge in [0.15, 0.2) is 6.61 Å². The molecule has 0 bridgehead atoms. The minimum absolute atomic E-state index is 0.129. The molecule has 3 rings (SSSR count). The molecule has 2 aromatic carbocycles. The lowest BCUT2D eigenvalue weighted by molar-refractivity contribution is -0.118. The molecule has 5 nitrogen and oxygen atoms in total. The molecule has 0 fully saturated rings. The molecule has 0 aliphatic rings. The molecule has 0 unspecified atom stereocenters. The Morgan fingerprint density at radius 2 is 1.85 bits per heavy atom. The molecular formula is C21H21NO4. The summed E-state index contributed by atoms with van der Waals surface area (Å²) >= 11 is 0. The number of fused-ring (bicyclic) bond motifs is 1. The van der Waals surface area contributed by atoms with Crippen LogP contribution in [0.3, 0.4) is 0 Å². The number of carbonyl (C=O) groups excluding carboxylic acids is 1. The lowest BCUT2D eigenvalue weighted by Crippen LogP contribution is -2.20. The van der Waals surface area contributed by atoms with Crippen molar-refractivity contribution in [3.05, 3.63) is 70.6 Å². The monoisotopic (exact) mass is 351 g/mol. The fourth-order valence-electron chi connectivity index (χ4n) is 2.61. The van der Waals surface area contributed by atoms with Gasteiger partial charge in [-0.3, -0.25) is 4.79 Å². The number of hydrogen-bond donors (Lipinski definition) is 1. The number of hydrogen-bond acceptors (Lipinski definition) is 4. The van der Waals surface area contributed by atoms with Crippen molar-refractivity contribution in [3.8, 4) is 5.75 Å². The molecule has 3 aromatic rings. The average molecular weight is 351 g/mol. The summed E-state index contributed by atoms with van der Waals surface area (Å²) in [6, 6.07) is 16.0. The molecule has 1 N–H and O–H groups in total. The van der Waals surface area contributed by atoms with E-state index in [9.17, 15) is 9.59 Å². The van der Waals surface area contributed by atoms with Crippen molar-refractivity contribution < 1.29 is 13.9 Å². The van der Waals surface area contributed by atoms with E-state index in [1.807, 2.05) is 24.3 Å². The van der Waals surface area contributed by atoms with Crippen LogP contribution in [0.1, 0.15) is 31.7 Å². The summed E-state index contributed by atoms with van der Waals surface area (Å²) in [5.41, 5.74) is 1.99. The van der Waals surface area contributed by atoms with Crippen LogP contribution in [-0.2, 0) is 4.79 Å².